The summed E-state index contributed by atoms with van der Waals surface area (Å²) in [4.78, 5) is 1.59. The second-order valence-corrected chi connectivity index (χ2v) is 9.00. The van der Waals surface area contributed by atoms with Crippen LogP contribution in [0.15, 0.2) is 6.07 Å². The molecule has 0 spiro atoms. The summed E-state index contributed by atoms with van der Waals surface area (Å²) in [5, 5.41) is 13.5. The molecule has 2 nitrogen and oxygen atoms in total. The van der Waals surface area contributed by atoms with Crippen molar-refractivity contribution in [3.05, 3.63) is 19.4 Å². The monoisotopic (exact) mass is 391 g/mol. The van der Waals surface area contributed by atoms with E-state index in [4.69, 9.17) is 0 Å². The van der Waals surface area contributed by atoms with Crippen LogP contribution in [0.3, 0.4) is 0 Å². The normalized spacial score (nSPS) is 31.2. The summed E-state index contributed by atoms with van der Waals surface area (Å²) in [5.41, 5.74) is 1.55. The Hall–Kier alpha value is 0.350. The lowest BCUT2D eigenvalue weighted by molar-refractivity contribution is 0.0993. The lowest BCUT2D eigenvalue weighted by Gasteiger charge is -2.29. The van der Waals surface area contributed by atoms with E-state index in [0.29, 0.717) is 12.0 Å². The van der Waals surface area contributed by atoms with Gasteiger partial charge in [-0.25, -0.2) is 0 Å². The maximum atomic E-state index is 9.75. The zero-order valence-electron chi connectivity index (χ0n) is 11.2. The van der Waals surface area contributed by atoms with Crippen LogP contribution in [-0.2, 0) is 6.42 Å². The van der Waals surface area contributed by atoms with E-state index < -0.39 is 0 Å². The van der Waals surface area contributed by atoms with Crippen molar-refractivity contribution in [1.82, 2.24) is 5.32 Å². The molecule has 3 unspecified atom stereocenters. The lowest BCUT2D eigenvalue weighted by Crippen LogP contribution is -2.32. The van der Waals surface area contributed by atoms with Gasteiger partial charge in [0, 0.05) is 10.9 Å². The van der Waals surface area contributed by atoms with Gasteiger partial charge in [-0.3, -0.25) is 0 Å². The van der Waals surface area contributed by atoms with Crippen LogP contribution in [0.25, 0.3) is 0 Å². The van der Waals surface area contributed by atoms with Crippen molar-refractivity contribution in [2.75, 3.05) is 6.54 Å². The molecule has 0 aliphatic heterocycles. The quantitative estimate of drug-likeness (QED) is 0.767. The predicted octanol–water partition coefficient (Wildman–Crippen LogP) is 3.87. The highest BCUT2D eigenvalue weighted by atomic mass is 127. The lowest BCUT2D eigenvalue weighted by atomic mass is 9.86. The van der Waals surface area contributed by atoms with Crippen LogP contribution in [0.2, 0.25) is 0 Å². The number of aliphatic hydroxyl groups is 1. The Bertz CT molecular complexity index is 434. The van der Waals surface area contributed by atoms with Gasteiger partial charge in [0.2, 0.25) is 0 Å². The van der Waals surface area contributed by atoms with Gasteiger partial charge in [-0.05, 0) is 85.2 Å². The van der Waals surface area contributed by atoms with E-state index in [9.17, 15) is 5.11 Å². The molecule has 0 amide bonds. The molecular formula is C15H22INOS. The number of hydrogen-bond acceptors (Lipinski definition) is 3. The minimum absolute atomic E-state index is 0.0513. The van der Waals surface area contributed by atoms with E-state index >= 15 is 0 Å². The summed E-state index contributed by atoms with van der Waals surface area (Å²) >= 11 is 4.41. The molecule has 0 aromatic carbocycles. The molecule has 1 aromatic rings. The molecule has 19 heavy (non-hydrogen) atoms. The van der Waals surface area contributed by atoms with Gasteiger partial charge in [0.1, 0.15) is 0 Å². The highest BCUT2D eigenvalue weighted by molar-refractivity contribution is 14.1. The van der Waals surface area contributed by atoms with Crippen LogP contribution in [0.5, 0.6) is 0 Å². The standard InChI is InChI=1S/C15H22INOS/c16-15-8-12-13(5-2-6-14(12)19-15)17-9-10-3-1-4-11(18)7-10/h8,10-11,13,17-18H,1-7,9H2. The molecule has 1 fully saturated rings. The van der Waals surface area contributed by atoms with E-state index in [2.05, 4.69) is 34.0 Å². The Balaban J connectivity index is 1.58. The zero-order valence-corrected chi connectivity index (χ0v) is 14.2. The van der Waals surface area contributed by atoms with Gasteiger partial charge in [0.25, 0.3) is 0 Å². The maximum absolute atomic E-state index is 9.75. The summed E-state index contributed by atoms with van der Waals surface area (Å²) in [6.07, 6.45) is 8.28. The fourth-order valence-corrected chi connectivity index (χ4v) is 5.61. The number of halogens is 1. The van der Waals surface area contributed by atoms with Crippen LogP contribution in [0.4, 0.5) is 0 Å². The van der Waals surface area contributed by atoms with Crippen LogP contribution < -0.4 is 5.32 Å². The number of aliphatic hydroxyl groups excluding tert-OH is 1. The molecule has 4 heteroatoms. The third kappa shape index (κ3) is 3.52. The van der Waals surface area contributed by atoms with E-state index in [0.717, 1.165) is 19.4 Å². The Morgan fingerprint density at radius 2 is 2.21 bits per heavy atom. The first-order chi connectivity index (χ1) is 9.22. The van der Waals surface area contributed by atoms with Crippen molar-refractivity contribution in [1.29, 1.82) is 0 Å². The third-order valence-corrected chi connectivity index (χ3v) is 6.46. The molecule has 106 valence electrons. The first kappa shape index (κ1) is 14.3. The number of aryl methyl sites for hydroxylation is 1. The van der Waals surface area contributed by atoms with Crippen molar-refractivity contribution in [3.63, 3.8) is 0 Å². The average molecular weight is 391 g/mol. The van der Waals surface area contributed by atoms with Crippen LogP contribution in [0.1, 0.15) is 55.0 Å². The Morgan fingerprint density at radius 1 is 1.32 bits per heavy atom. The fourth-order valence-electron chi connectivity index (χ4n) is 3.49. The molecule has 2 aliphatic rings. The second-order valence-electron chi connectivity index (χ2n) is 5.97. The van der Waals surface area contributed by atoms with Crippen LogP contribution in [-0.4, -0.2) is 17.8 Å². The number of hydrogen-bond donors (Lipinski definition) is 2. The summed E-state index contributed by atoms with van der Waals surface area (Å²) in [7, 11) is 0. The molecule has 0 radical (unpaired) electrons. The first-order valence-corrected chi connectivity index (χ1v) is 9.31. The molecule has 2 N–H and O–H groups in total. The van der Waals surface area contributed by atoms with Crippen molar-refractivity contribution in [2.45, 2.75) is 57.1 Å². The molecule has 1 heterocycles. The minimum atomic E-state index is -0.0513. The number of fused-ring (bicyclic) bond motifs is 1. The van der Waals surface area contributed by atoms with Gasteiger partial charge in [-0.2, -0.15) is 0 Å². The van der Waals surface area contributed by atoms with Crippen molar-refractivity contribution >= 4 is 33.9 Å². The Labute approximate surface area is 133 Å². The van der Waals surface area contributed by atoms with Gasteiger partial charge in [-0.15, -0.1) is 11.3 Å². The number of thiophene rings is 1. The molecule has 3 atom stereocenters. The van der Waals surface area contributed by atoms with Gasteiger partial charge in [0.05, 0.1) is 8.99 Å². The van der Waals surface area contributed by atoms with E-state index in [-0.39, 0.29) is 6.10 Å². The average Bonchev–Trinajstić information content (AvgIpc) is 2.77. The molecule has 1 saturated carbocycles. The molecule has 1 aromatic heterocycles. The zero-order chi connectivity index (χ0) is 13.2. The van der Waals surface area contributed by atoms with Crippen molar-refractivity contribution < 1.29 is 5.11 Å². The van der Waals surface area contributed by atoms with E-state index in [1.54, 1.807) is 10.4 Å². The molecular weight excluding hydrogens is 369 g/mol. The van der Waals surface area contributed by atoms with Gasteiger partial charge in [-0.1, -0.05) is 6.42 Å². The Kier molecular flexibility index (Phi) is 4.82. The molecule has 0 bridgehead atoms. The molecule has 2 aliphatic carbocycles. The summed E-state index contributed by atoms with van der Waals surface area (Å²) < 4.78 is 1.42. The topological polar surface area (TPSA) is 32.3 Å². The Morgan fingerprint density at radius 3 is 3.05 bits per heavy atom. The van der Waals surface area contributed by atoms with Crippen LogP contribution >= 0.6 is 33.9 Å². The highest BCUT2D eigenvalue weighted by Crippen LogP contribution is 2.36. The SMILES string of the molecule is OC1CCCC(CNC2CCCc3sc(I)cc32)C1. The van der Waals surface area contributed by atoms with E-state index in [1.165, 1.54) is 35.0 Å². The van der Waals surface area contributed by atoms with Crippen molar-refractivity contribution in [3.8, 4) is 0 Å². The molecule has 3 rings (SSSR count). The number of nitrogens with one attached hydrogen (secondary N) is 1. The van der Waals surface area contributed by atoms with E-state index in [1.807, 2.05) is 11.3 Å². The van der Waals surface area contributed by atoms with Gasteiger partial charge >= 0.3 is 0 Å². The second kappa shape index (κ2) is 6.41. The smallest absolute Gasteiger partial charge is 0.0659 e. The fraction of sp³-hybridized carbons (Fsp3) is 0.733. The van der Waals surface area contributed by atoms with Gasteiger partial charge < -0.3 is 10.4 Å². The predicted molar refractivity (Wildman–Crippen MR) is 88.7 cm³/mol. The summed E-state index contributed by atoms with van der Waals surface area (Å²) in [6, 6.07) is 2.93. The summed E-state index contributed by atoms with van der Waals surface area (Å²) in [5.74, 6) is 0.673. The largest absolute Gasteiger partial charge is 0.393 e. The third-order valence-electron chi connectivity index (χ3n) is 4.49. The first-order valence-electron chi connectivity index (χ1n) is 7.42. The van der Waals surface area contributed by atoms with Crippen molar-refractivity contribution in [2.24, 2.45) is 5.92 Å². The van der Waals surface area contributed by atoms with Crippen LogP contribution in [0, 0.1) is 8.80 Å². The highest BCUT2D eigenvalue weighted by Gasteiger charge is 2.25. The summed E-state index contributed by atoms with van der Waals surface area (Å²) in [6.45, 7) is 1.08. The maximum Gasteiger partial charge on any atom is 0.0659 e. The minimum Gasteiger partial charge on any atom is -0.393 e. The number of rotatable bonds is 3. The van der Waals surface area contributed by atoms with Gasteiger partial charge in [0.15, 0.2) is 0 Å². The molecule has 0 saturated heterocycles.